The van der Waals surface area contributed by atoms with E-state index >= 15 is 0 Å². The molecule has 1 aliphatic rings. The number of aromatic nitrogens is 3. The minimum absolute atomic E-state index is 0.0352. The van der Waals surface area contributed by atoms with Crippen LogP contribution in [0.5, 0.6) is 0 Å². The second-order valence-electron chi connectivity index (χ2n) is 4.75. The van der Waals surface area contributed by atoms with Gasteiger partial charge in [0.05, 0.1) is 11.4 Å². The van der Waals surface area contributed by atoms with Crippen LogP contribution in [0.25, 0.3) is 0 Å². The zero-order valence-electron chi connectivity index (χ0n) is 10.9. The molecule has 1 atom stereocenters. The first-order valence-corrected chi connectivity index (χ1v) is 6.33. The number of nitrogens with one attached hydrogen (secondary N) is 2. The van der Waals surface area contributed by atoms with E-state index in [9.17, 15) is 4.79 Å². The maximum Gasteiger partial charge on any atom is 0.249 e. The number of hydrogen-bond acceptors (Lipinski definition) is 5. The molecule has 0 radical (unpaired) electrons. The third-order valence-corrected chi connectivity index (χ3v) is 3.29. The first-order valence-electron chi connectivity index (χ1n) is 6.33. The molecule has 1 saturated heterocycles. The molecule has 0 aliphatic carbocycles. The summed E-state index contributed by atoms with van der Waals surface area (Å²) in [4.78, 5) is 15.9. The number of nitrogens with zero attached hydrogens (tertiary/aromatic N) is 3. The van der Waals surface area contributed by atoms with Gasteiger partial charge in [-0.1, -0.05) is 0 Å². The van der Waals surface area contributed by atoms with Crippen molar-refractivity contribution < 1.29 is 4.79 Å². The number of hydrogen-bond donors (Lipinski definition) is 2. The Bertz CT molecular complexity index is 428. The number of carbonyl (C=O) groups excluding carboxylic acids is 1. The quantitative estimate of drug-likeness (QED) is 0.825. The fourth-order valence-corrected chi connectivity index (χ4v) is 1.99. The monoisotopic (exact) mass is 249 g/mol. The zero-order valence-corrected chi connectivity index (χ0v) is 10.9. The van der Waals surface area contributed by atoms with Crippen LogP contribution in [0.1, 0.15) is 30.7 Å². The highest BCUT2D eigenvalue weighted by Gasteiger charge is 2.16. The van der Waals surface area contributed by atoms with E-state index in [2.05, 4.69) is 25.8 Å². The topological polar surface area (TPSA) is 79.8 Å². The van der Waals surface area contributed by atoms with Gasteiger partial charge in [-0.05, 0) is 45.7 Å². The van der Waals surface area contributed by atoms with Crippen LogP contribution in [0, 0.1) is 19.8 Å². The van der Waals surface area contributed by atoms with Gasteiger partial charge >= 0.3 is 0 Å². The largest absolute Gasteiger partial charge is 0.316 e. The summed E-state index contributed by atoms with van der Waals surface area (Å²) in [5.74, 6) is 0.883. The van der Waals surface area contributed by atoms with Crippen molar-refractivity contribution in [3.63, 3.8) is 0 Å². The van der Waals surface area contributed by atoms with Gasteiger partial charge in [-0.15, -0.1) is 5.10 Å². The smallest absolute Gasteiger partial charge is 0.249 e. The van der Waals surface area contributed by atoms with Crippen LogP contribution in [-0.4, -0.2) is 34.2 Å². The Kier molecular flexibility index (Phi) is 4.19. The molecule has 98 valence electrons. The van der Waals surface area contributed by atoms with Gasteiger partial charge in [-0.3, -0.25) is 10.1 Å². The Morgan fingerprint density at radius 1 is 1.39 bits per heavy atom. The second kappa shape index (κ2) is 5.86. The molecule has 18 heavy (non-hydrogen) atoms. The van der Waals surface area contributed by atoms with Crippen LogP contribution in [0.15, 0.2) is 0 Å². The van der Waals surface area contributed by atoms with E-state index in [1.54, 1.807) is 0 Å². The van der Waals surface area contributed by atoms with Gasteiger partial charge in [0.1, 0.15) is 0 Å². The van der Waals surface area contributed by atoms with Gasteiger partial charge in [0, 0.05) is 6.42 Å². The van der Waals surface area contributed by atoms with Gasteiger partial charge in [-0.25, -0.2) is 4.98 Å². The van der Waals surface area contributed by atoms with Crippen molar-refractivity contribution in [2.75, 3.05) is 18.4 Å². The summed E-state index contributed by atoms with van der Waals surface area (Å²) in [6.45, 7) is 5.78. The SMILES string of the molecule is Cc1nnc(NC(=O)CCC2CCNC2)nc1C. The van der Waals surface area contributed by atoms with E-state index in [0.717, 1.165) is 37.3 Å². The van der Waals surface area contributed by atoms with Crippen LogP contribution in [0.4, 0.5) is 5.95 Å². The molecular formula is C12H19N5O. The first-order chi connectivity index (χ1) is 8.65. The molecular weight excluding hydrogens is 230 g/mol. The molecule has 2 heterocycles. The number of anilines is 1. The molecule has 2 rings (SSSR count). The molecule has 0 spiro atoms. The maximum absolute atomic E-state index is 11.7. The lowest BCUT2D eigenvalue weighted by Crippen LogP contribution is -2.17. The highest BCUT2D eigenvalue weighted by Crippen LogP contribution is 2.14. The molecule has 1 aliphatic heterocycles. The molecule has 2 N–H and O–H groups in total. The lowest BCUT2D eigenvalue weighted by Gasteiger charge is -2.08. The normalized spacial score (nSPS) is 18.9. The Hall–Kier alpha value is -1.56. The van der Waals surface area contributed by atoms with Gasteiger partial charge in [0.25, 0.3) is 0 Å². The van der Waals surface area contributed by atoms with Crippen molar-refractivity contribution in [1.29, 1.82) is 0 Å². The van der Waals surface area contributed by atoms with E-state index < -0.39 is 0 Å². The second-order valence-corrected chi connectivity index (χ2v) is 4.75. The van der Waals surface area contributed by atoms with E-state index in [0.29, 0.717) is 18.3 Å². The van der Waals surface area contributed by atoms with Crippen molar-refractivity contribution in [2.24, 2.45) is 5.92 Å². The summed E-state index contributed by atoms with van der Waals surface area (Å²) in [7, 11) is 0. The average molecular weight is 249 g/mol. The summed E-state index contributed by atoms with van der Waals surface area (Å²) >= 11 is 0. The first kappa shape index (κ1) is 12.9. The molecule has 6 nitrogen and oxygen atoms in total. The fraction of sp³-hybridized carbons (Fsp3) is 0.667. The van der Waals surface area contributed by atoms with E-state index in [1.165, 1.54) is 0 Å². The number of rotatable bonds is 4. The Balaban J connectivity index is 1.80. The maximum atomic E-state index is 11.7. The summed E-state index contributed by atoms with van der Waals surface area (Å²) in [5, 5.41) is 13.8. The Morgan fingerprint density at radius 2 is 2.22 bits per heavy atom. The third kappa shape index (κ3) is 3.46. The van der Waals surface area contributed by atoms with Crippen molar-refractivity contribution >= 4 is 11.9 Å². The molecule has 0 bridgehead atoms. The van der Waals surface area contributed by atoms with Crippen LogP contribution in [0.3, 0.4) is 0 Å². The number of aryl methyl sites for hydroxylation is 2. The minimum atomic E-state index is -0.0352. The van der Waals surface area contributed by atoms with E-state index in [1.807, 2.05) is 13.8 Å². The van der Waals surface area contributed by atoms with Crippen molar-refractivity contribution in [2.45, 2.75) is 33.1 Å². The highest BCUT2D eigenvalue weighted by atomic mass is 16.1. The fourth-order valence-electron chi connectivity index (χ4n) is 1.99. The number of carbonyl (C=O) groups is 1. The molecule has 0 aromatic carbocycles. The predicted molar refractivity (Wildman–Crippen MR) is 68.1 cm³/mol. The summed E-state index contributed by atoms with van der Waals surface area (Å²) in [6.07, 6.45) is 2.59. The van der Waals surface area contributed by atoms with Crippen LogP contribution in [0.2, 0.25) is 0 Å². The van der Waals surface area contributed by atoms with Gasteiger partial charge in [0.15, 0.2) is 0 Å². The average Bonchev–Trinajstić information content (AvgIpc) is 2.84. The van der Waals surface area contributed by atoms with E-state index in [-0.39, 0.29) is 5.91 Å². The molecule has 6 heteroatoms. The molecule has 1 aromatic rings. The highest BCUT2D eigenvalue weighted by molar-refractivity contribution is 5.88. The van der Waals surface area contributed by atoms with Gasteiger partial charge in [0.2, 0.25) is 11.9 Å². The lowest BCUT2D eigenvalue weighted by molar-refractivity contribution is -0.116. The predicted octanol–water partition coefficient (Wildman–Crippen LogP) is 0.817. The third-order valence-electron chi connectivity index (χ3n) is 3.29. The Morgan fingerprint density at radius 3 is 2.89 bits per heavy atom. The lowest BCUT2D eigenvalue weighted by atomic mass is 10.0. The molecule has 1 unspecified atom stereocenters. The van der Waals surface area contributed by atoms with E-state index in [4.69, 9.17) is 0 Å². The van der Waals surface area contributed by atoms with Crippen molar-refractivity contribution in [3.05, 3.63) is 11.4 Å². The standard InChI is InChI=1S/C12H19N5O/c1-8-9(2)16-17-12(14-8)15-11(18)4-3-10-5-6-13-7-10/h10,13H,3-7H2,1-2H3,(H,14,15,17,18). The van der Waals surface area contributed by atoms with Gasteiger partial charge < -0.3 is 5.32 Å². The van der Waals surface area contributed by atoms with Crippen molar-refractivity contribution in [3.8, 4) is 0 Å². The summed E-state index contributed by atoms with van der Waals surface area (Å²) in [5.41, 5.74) is 1.57. The Labute approximate surface area is 107 Å². The minimum Gasteiger partial charge on any atom is -0.316 e. The van der Waals surface area contributed by atoms with Crippen LogP contribution >= 0.6 is 0 Å². The number of amides is 1. The molecule has 0 saturated carbocycles. The zero-order chi connectivity index (χ0) is 13.0. The summed E-state index contributed by atoms with van der Waals surface area (Å²) in [6, 6.07) is 0. The molecule has 1 aromatic heterocycles. The van der Waals surface area contributed by atoms with Gasteiger partial charge in [-0.2, -0.15) is 5.10 Å². The molecule has 1 amide bonds. The molecule has 1 fully saturated rings. The van der Waals surface area contributed by atoms with Crippen LogP contribution < -0.4 is 10.6 Å². The van der Waals surface area contributed by atoms with Crippen molar-refractivity contribution in [1.82, 2.24) is 20.5 Å². The van der Waals surface area contributed by atoms with Crippen LogP contribution in [-0.2, 0) is 4.79 Å². The summed E-state index contributed by atoms with van der Waals surface area (Å²) < 4.78 is 0.